The van der Waals surface area contributed by atoms with Gasteiger partial charge in [-0.15, -0.1) is 0 Å². The fourth-order valence-corrected chi connectivity index (χ4v) is 3.11. The molecule has 3 aromatic rings. The summed E-state index contributed by atoms with van der Waals surface area (Å²) in [5, 5.41) is 1.20. The maximum atomic E-state index is 5.96. The second kappa shape index (κ2) is 4.52. The first-order chi connectivity index (χ1) is 10.3. The van der Waals surface area contributed by atoms with Crippen LogP contribution in [0, 0.1) is 0 Å². The summed E-state index contributed by atoms with van der Waals surface area (Å²) in [6.45, 7) is 2.46. The molecule has 0 spiro atoms. The Morgan fingerprint density at radius 1 is 1.10 bits per heavy atom. The van der Waals surface area contributed by atoms with E-state index in [1.54, 1.807) is 0 Å². The number of hydrogen-bond donors (Lipinski definition) is 0. The Hall–Kier alpha value is -2.49. The Labute approximate surface area is 124 Å². The van der Waals surface area contributed by atoms with E-state index < -0.39 is 0 Å². The average Bonchev–Trinajstić information content (AvgIpc) is 2.88. The lowest BCUT2D eigenvalue weighted by Gasteiger charge is -2.21. The molecule has 1 aliphatic heterocycles. The summed E-state index contributed by atoms with van der Waals surface area (Å²) in [5.74, 6) is 2.13. The molecule has 1 aromatic carbocycles. The zero-order valence-corrected chi connectivity index (χ0v) is 12.2. The van der Waals surface area contributed by atoms with Crippen LogP contribution in [0.15, 0.2) is 59.3 Å². The van der Waals surface area contributed by atoms with Crippen LogP contribution in [0.5, 0.6) is 0 Å². The van der Waals surface area contributed by atoms with Crippen LogP contribution >= 0.6 is 0 Å². The van der Waals surface area contributed by atoms with Crippen molar-refractivity contribution in [3.05, 3.63) is 60.6 Å². The van der Waals surface area contributed by atoms with Crippen molar-refractivity contribution in [3.8, 4) is 0 Å². The van der Waals surface area contributed by atoms with E-state index in [9.17, 15) is 0 Å². The molecule has 102 valence electrons. The maximum Gasteiger partial charge on any atom is 0.413 e. The van der Waals surface area contributed by atoms with Crippen LogP contribution in [0.3, 0.4) is 0 Å². The Morgan fingerprint density at radius 2 is 1.90 bits per heavy atom. The summed E-state index contributed by atoms with van der Waals surface area (Å²) in [6, 6.07) is 14.5. The van der Waals surface area contributed by atoms with Gasteiger partial charge in [0.2, 0.25) is 0 Å². The molecule has 0 atom stereocenters. The van der Waals surface area contributed by atoms with Crippen LogP contribution in [0.4, 0.5) is 5.82 Å². The zero-order valence-electron chi connectivity index (χ0n) is 12.2. The lowest BCUT2D eigenvalue weighted by molar-refractivity contribution is -0.658. The Kier molecular flexibility index (Phi) is 2.64. The number of benzene rings is 1. The van der Waals surface area contributed by atoms with Gasteiger partial charge < -0.3 is 4.42 Å². The molecule has 0 N–H and O–H groups in total. The molecule has 4 rings (SSSR count). The van der Waals surface area contributed by atoms with Crippen molar-refractivity contribution in [1.29, 1.82) is 0 Å². The van der Waals surface area contributed by atoms with E-state index in [2.05, 4.69) is 66.0 Å². The first-order valence-corrected chi connectivity index (χ1v) is 7.18. The molecule has 21 heavy (non-hydrogen) atoms. The first-order valence-electron chi connectivity index (χ1n) is 7.18. The van der Waals surface area contributed by atoms with Gasteiger partial charge in [-0.1, -0.05) is 24.3 Å². The summed E-state index contributed by atoms with van der Waals surface area (Å²) < 4.78 is 8.09. The average molecular weight is 275 g/mol. The highest BCUT2D eigenvalue weighted by molar-refractivity contribution is 6.79. The molecule has 0 radical (unpaired) electrons. The van der Waals surface area contributed by atoms with Crippen molar-refractivity contribution in [2.75, 3.05) is 4.81 Å². The van der Waals surface area contributed by atoms with Gasteiger partial charge in [0.05, 0.1) is 19.4 Å². The van der Waals surface area contributed by atoms with Crippen molar-refractivity contribution in [2.45, 2.75) is 6.82 Å². The van der Waals surface area contributed by atoms with Gasteiger partial charge >= 0.3 is 6.85 Å². The number of nitrogens with zero attached hydrogens (tertiary/aromatic N) is 2. The third-order valence-electron chi connectivity index (χ3n) is 4.18. The van der Waals surface area contributed by atoms with Gasteiger partial charge in [0.25, 0.3) is 5.82 Å². The number of aromatic nitrogens is 1. The number of aryl methyl sites for hydroxylation is 1. The number of fused-ring (bicyclic) bond motifs is 3. The summed E-state index contributed by atoms with van der Waals surface area (Å²) >= 11 is 0. The highest BCUT2D eigenvalue weighted by Gasteiger charge is 2.36. The Balaban J connectivity index is 1.88. The number of hydrogen-bond acceptors (Lipinski definition) is 2. The van der Waals surface area contributed by atoms with Crippen LogP contribution in [0.1, 0.15) is 5.76 Å². The van der Waals surface area contributed by atoms with Gasteiger partial charge in [0.1, 0.15) is 11.3 Å². The maximum absolute atomic E-state index is 5.96. The van der Waals surface area contributed by atoms with Crippen molar-refractivity contribution < 1.29 is 8.98 Å². The first kappa shape index (κ1) is 12.3. The third kappa shape index (κ3) is 1.79. The number of para-hydroxylation sites is 1. The topological polar surface area (TPSA) is 20.3 Å². The van der Waals surface area contributed by atoms with E-state index in [-0.39, 0.29) is 6.85 Å². The molecular weight excluding hydrogens is 259 g/mol. The van der Waals surface area contributed by atoms with Gasteiger partial charge in [-0.25, -0.2) is 4.57 Å². The van der Waals surface area contributed by atoms with Crippen molar-refractivity contribution in [2.24, 2.45) is 7.05 Å². The van der Waals surface area contributed by atoms with Crippen LogP contribution in [0.2, 0.25) is 6.82 Å². The van der Waals surface area contributed by atoms with Gasteiger partial charge in [0.15, 0.2) is 0 Å². The van der Waals surface area contributed by atoms with E-state index in [1.807, 2.05) is 18.2 Å². The fraction of sp³-hybridized carbons (Fsp3) is 0.118. The second-order valence-electron chi connectivity index (χ2n) is 5.44. The minimum atomic E-state index is 0.238. The highest BCUT2D eigenvalue weighted by atomic mass is 16.3. The van der Waals surface area contributed by atoms with Gasteiger partial charge in [-0.2, -0.15) is 0 Å². The lowest BCUT2D eigenvalue weighted by Crippen LogP contribution is -2.50. The molecule has 4 heteroatoms. The van der Waals surface area contributed by atoms with Crippen molar-refractivity contribution in [3.63, 3.8) is 0 Å². The molecule has 0 fully saturated rings. The number of anilines is 1. The lowest BCUT2D eigenvalue weighted by atomic mass is 9.54. The van der Waals surface area contributed by atoms with Gasteiger partial charge in [-0.05, 0) is 19.0 Å². The standard InChI is InChI=1S/C17H16BN2O/c1-18-17-13-7-3-4-8-14(13)21-15(17)10-12-20(18)16-9-5-6-11-19(16)2/h3-12H,1-2H3/q+1. The predicted molar refractivity (Wildman–Crippen MR) is 86.6 cm³/mol. The summed E-state index contributed by atoms with van der Waals surface area (Å²) in [7, 11) is 2.07. The normalized spacial score (nSPS) is 13.8. The molecule has 0 bridgehead atoms. The molecule has 2 aromatic heterocycles. The number of pyridine rings is 1. The quantitative estimate of drug-likeness (QED) is 0.502. The zero-order chi connectivity index (χ0) is 14.4. The van der Waals surface area contributed by atoms with Crippen molar-refractivity contribution >= 4 is 35.2 Å². The van der Waals surface area contributed by atoms with Crippen LogP contribution in [-0.4, -0.2) is 6.85 Å². The minimum Gasteiger partial charge on any atom is -0.457 e. The molecule has 0 aliphatic carbocycles. The van der Waals surface area contributed by atoms with Crippen LogP contribution in [-0.2, 0) is 7.05 Å². The molecule has 0 amide bonds. The monoisotopic (exact) mass is 275 g/mol. The molecule has 0 unspecified atom stereocenters. The highest BCUT2D eigenvalue weighted by Crippen LogP contribution is 2.24. The largest absolute Gasteiger partial charge is 0.457 e. The summed E-state index contributed by atoms with van der Waals surface area (Å²) in [5.41, 5.74) is 2.22. The smallest absolute Gasteiger partial charge is 0.413 e. The van der Waals surface area contributed by atoms with E-state index in [0.717, 1.165) is 17.2 Å². The SMILES string of the molecule is CB1c2c(oc3ccccc23)C=CN1c1cccc[n+]1C. The van der Waals surface area contributed by atoms with Crippen LogP contribution < -0.4 is 14.8 Å². The molecule has 1 aliphatic rings. The van der Waals surface area contributed by atoms with Crippen molar-refractivity contribution in [1.82, 2.24) is 0 Å². The molecule has 3 nitrogen and oxygen atoms in total. The molecule has 0 saturated carbocycles. The predicted octanol–water partition coefficient (Wildman–Crippen LogP) is 2.58. The Morgan fingerprint density at radius 3 is 2.76 bits per heavy atom. The van der Waals surface area contributed by atoms with E-state index in [0.29, 0.717) is 0 Å². The van der Waals surface area contributed by atoms with Gasteiger partial charge in [-0.3, -0.25) is 4.81 Å². The second-order valence-corrected chi connectivity index (χ2v) is 5.44. The third-order valence-corrected chi connectivity index (χ3v) is 4.18. The van der Waals surface area contributed by atoms with E-state index in [1.165, 1.54) is 10.8 Å². The van der Waals surface area contributed by atoms with Crippen LogP contribution in [0.25, 0.3) is 17.0 Å². The van der Waals surface area contributed by atoms with E-state index in [4.69, 9.17) is 4.42 Å². The molecule has 3 heterocycles. The Bertz CT molecular complexity index is 853. The molecular formula is C17H16BN2O+. The number of rotatable bonds is 1. The number of furan rings is 1. The summed E-state index contributed by atoms with van der Waals surface area (Å²) in [6.07, 6.45) is 6.23. The summed E-state index contributed by atoms with van der Waals surface area (Å²) in [4.78, 5) is 2.28. The minimum absolute atomic E-state index is 0.238. The van der Waals surface area contributed by atoms with Gasteiger partial charge in [0, 0.05) is 23.0 Å². The van der Waals surface area contributed by atoms with E-state index >= 15 is 0 Å². The molecule has 0 saturated heterocycles. The fourth-order valence-electron chi connectivity index (χ4n) is 3.11.